The van der Waals surface area contributed by atoms with E-state index in [1.165, 1.54) is 38.4 Å². The third-order valence-electron chi connectivity index (χ3n) is 6.47. The minimum Gasteiger partial charge on any atom is -0.316 e. The van der Waals surface area contributed by atoms with E-state index in [9.17, 15) is 0 Å². The predicted molar refractivity (Wildman–Crippen MR) is 137 cm³/mol. The van der Waals surface area contributed by atoms with Crippen molar-refractivity contribution in [3.05, 3.63) is 97.9 Å². The fraction of sp³-hybridized carbons (Fsp3) is 0.414. The first-order valence-electron chi connectivity index (χ1n) is 11.9. The number of fused-ring (bicyclic) bond motifs is 2. The van der Waals surface area contributed by atoms with Gasteiger partial charge in [-0.1, -0.05) is 25.2 Å². The molecular formula is C29H34N2S. The van der Waals surface area contributed by atoms with Crippen molar-refractivity contribution in [2.45, 2.75) is 64.7 Å². The Balaban J connectivity index is 1.66. The van der Waals surface area contributed by atoms with E-state index >= 15 is 0 Å². The van der Waals surface area contributed by atoms with Gasteiger partial charge in [0.15, 0.2) is 0 Å². The first-order chi connectivity index (χ1) is 15.6. The van der Waals surface area contributed by atoms with Gasteiger partial charge in [-0.25, -0.2) is 4.98 Å². The molecule has 1 saturated heterocycles. The summed E-state index contributed by atoms with van der Waals surface area (Å²) < 4.78 is 0. The van der Waals surface area contributed by atoms with E-state index in [2.05, 4.69) is 66.9 Å². The van der Waals surface area contributed by atoms with Crippen molar-refractivity contribution >= 4 is 11.3 Å². The molecule has 3 aliphatic rings. The molecule has 2 nitrogen and oxygen atoms in total. The first kappa shape index (κ1) is 22.8. The Hall–Kier alpha value is -2.41. The van der Waals surface area contributed by atoms with Gasteiger partial charge in [0, 0.05) is 17.0 Å². The first-order valence-corrected chi connectivity index (χ1v) is 12.8. The molecule has 166 valence electrons. The van der Waals surface area contributed by atoms with Gasteiger partial charge in [-0.15, -0.1) is 22.8 Å². The van der Waals surface area contributed by atoms with Gasteiger partial charge >= 0.3 is 0 Å². The Bertz CT molecular complexity index is 1090. The van der Waals surface area contributed by atoms with Crippen molar-refractivity contribution in [1.29, 1.82) is 0 Å². The summed E-state index contributed by atoms with van der Waals surface area (Å²) in [4.78, 5) is 4.77. The van der Waals surface area contributed by atoms with E-state index in [1.807, 2.05) is 6.08 Å². The molecule has 0 aromatic carbocycles. The van der Waals surface area contributed by atoms with Gasteiger partial charge < -0.3 is 5.32 Å². The van der Waals surface area contributed by atoms with Crippen LogP contribution in [-0.4, -0.2) is 18.1 Å². The number of allylic oxidation sites excluding steroid dienone is 7. The second-order valence-corrected chi connectivity index (χ2v) is 9.84. The summed E-state index contributed by atoms with van der Waals surface area (Å²) >= 11 is 1.79. The zero-order chi connectivity index (χ0) is 22.3. The van der Waals surface area contributed by atoms with Crippen molar-refractivity contribution in [2.24, 2.45) is 0 Å². The number of nitrogens with one attached hydrogen (secondary N) is 1. The van der Waals surface area contributed by atoms with Crippen LogP contribution in [0.1, 0.15) is 68.5 Å². The molecule has 3 heteroatoms. The number of hydrogen-bond acceptors (Lipinski definition) is 3. The number of nitrogens with zero attached hydrogens (tertiary/aromatic N) is 1. The summed E-state index contributed by atoms with van der Waals surface area (Å²) in [5.41, 5.74) is 16.3. The molecule has 1 atom stereocenters. The molecule has 2 aliphatic carbocycles. The quantitative estimate of drug-likeness (QED) is 0.366. The number of rotatable bonds is 6. The van der Waals surface area contributed by atoms with E-state index < -0.39 is 0 Å². The number of aryl methyl sites for hydroxylation is 1. The monoisotopic (exact) mass is 442 g/mol. The summed E-state index contributed by atoms with van der Waals surface area (Å²) in [7, 11) is 0. The van der Waals surface area contributed by atoms with Gasteiger partial charge in [-0.3, -0.25) is 0 Å². The molecule has 1 aliphatic heterocycles. The Morgan fingerprint density at radius 3 is 2.97 bits per heavy atom. The lowest BCUT2D eigenvalue weighted by molar-refractivity contribution is 0.643. The maximum Gasteiger partial charge on any atom is 0.0962 e. The largest absolute Gasteiger partial charge is 0.316 e. The fourth-order valence-electron chi connectivity index (χ4n) is 4.71. The smallest absolute Gasteiger partial charge is 0.0962 e. The third-order valence-corrected chi connectivity index (χ3v) is 7.59. The van der Waals surface area contributed by atoms with Gasteiger partial charge in [0.2, 0.25) is 0 Å². The maximum atomic E-state index is 4.77. The minimum absolute atomic E-state index is 0.464. The average Bonchev–Trinajstić information content (AvgIpc) is 3.05. The van der Waals surface area contributed by atoms with E-state index in [4.69, 9.17) is 4.98 Å². The summed E-state index contributed by atoms with van der Waals surface area (Å²) in [6.45, 7) is 10.9. The molecule has 0 spiro atoms. The van der Waals surface area contributed by atoms with Crippen LogP contribution in [0.5, 0.6) is 0 Å². The summed E-state index contributed by atoms with van der Waals surface area (Å²) in [6, 6.07) is 0. The van der Waals surface area contributed by atoms with Gasteiger partial charge in [-0.2, -0.15) is 0 Å². The van der Waals surface area contributed by atoms with Crippen LogP contribution >= 0.6 is 11.3 Å². The maximum absolute atomic E-state index is 4.77. The summed E-state index contributed by atoms with van der Waals surface area (Å²) in [5.74, 6) is 0.464. The second-order valence-electron chi connectivity index (χ2n) is 8.95. The lowest BCUT2D eigenvalue weighted by atomic mass is 9.85. The molecule has 1 fully saturated rings. The van der Waals surface area contributed by atoms with Crippen LogP contribution in [0.15, 0.2) is 87.2 Å². The number of hydrogen-bond donors (Lipinski definition) is 1. The second kappa shape index (κ2) is 10.9. The molecule has 1 N–H and O–H groups in total. The Morgan fingerprint density at radius 2 is 2.16 bits per heavy atom. The molecular weight excluding hydrogens is 408 g/mol. The van der Waals surface area contributed by atoms with Gasteiger partial charge in [-0.05, 0) is 117 Å². The fourth-order valence-corrected chi connectivity index (χ4v) is 5.69. The van der Waals surface area contributed by atoms with Crippen LogP contribution in [0.25, 0.3) is 0 Å². The standard InChI is InChI=1S/C29H34N2S/c1-4-23(29-31-22(3)20-32-29)17-21(2)18-27-19-26-10-8-6-5-7-9-24(26)11-12-25-13-15-30-16-14-28(25)27/h6-7,9,11,19-20,23,30H,2,4,8,10,13-18H2,1,3H3. The van der Waals surface area contributed by atoms with Crippen molar-refractivity contribution in [1.82, 2.24) is 10.3 Å². The van der Waals surface area contributed by atoms with Gasteiger partial charge in [0.25, 0.3) is 0 Å². The van der Waals surface area contributed by atoms with Gasteiger partial charge in [0.05, 0.1) is 5.01 Å². The van der Waals surface area contributed by atoms with Crippen LogP contribution in [0, 0.1) is 6.92 Å². The summed E-state index contributed by atoms with van der Waals surface area (Å²) in [6.07, 6.45) is 18.2. The van der Waals surface area contributed by atoms with Crippen LogP contribution in [0.4, 0.5) is 0 Å². The average molecular weight is 443 g/mol. The van der Waals surface area contributed by atoms with Crippen molar-refractivity contribution in [3.8, 4) is 0 Å². The van der Waals surface area contributed by atoms with Crippen molar-refractivity contribution in [2.75, 3.05) is 13.1 Å². The molecule has 32 heavy (non-hydrogen) atoms. The van der Waals surface area contributed by atoms with Crippen LogP contribution in [0.2, 0.25) is 0 Å². The molecule has 1 aromatic rings. The highest BCUT2D eigenvalue weighted by atomic mass is 32.1. The van der Waals surface area contributed by atoms with E-state index in [0.717, 1.165) is 63.7 Å². The Kier molecular flexibility index (Phi) is 7.79. The molecule has 0 amide bonds. The van der Waals surface area contributed by atoms with Crippen LogP contribution < -0.4 is 5.32 Å². The van der Waals surface area contributed by atoms with E-state index in [-0.39, 0.29) is 0 Å². The summed E-state index contributed by atoms with van der Waals surface area (Å²) in [5, 5.41) is 6.99. The molecule has 0 saturated carbocycles. The Morgan fingerprint density at radius 1 is 1.28 bits per heavy atom. The SMILES string of the molecule is C=C(CC1=C2CCNCCC2=C=CC2=CC=C=CCCC2=C1)CC(CC)c1nc(C)cs1. The zero-order valence-corrected chi connectivity index (χ0v) is 20.3. The molecule has 0 radical (unpaired) electrons. The lowest BCUT2D eigenvalue weighted by Gasteiger charge is -2.20. The zero-order valence-electron chi connectivity index (χ0n) is 19.5. The van der Waals surface area contributed by atoms with Crippen molar-refractivity contribution < 1.29 is 0 Å². The molecule has 4 rings (SSSR count). The molecule has 1 aromatic heterocycles. The third kappa shape index (κ3) is 5.68. The predicted octanol–water partition coefficient (Wildman–Crippen LogP) is 7.41. The van der Waals surface area contributed by atoms with Gasteiger partial charge in [0.1, 0.15) is 0 Å². The van der Waals surface area contributed by atoms with Crippen LogP contribution in [0.3, 0.4) is 0 Å². The van der Waals surface area contributed by atoms with Crippen LogP contribution in [-0.2, 0) is 0 Å². The molecule has 2 heterocycles. The normalized spacial score (nSPS) is 19.4. The highest BCUT2D eigenvalue weighted by Crippen LogP contribution is 2.36. The lowest BCUT2D eigenvalue weighted by Crippen LogP contribution is -2.13. The Labute approximate surface area is 197 Å². The molecule has 0 bridgehead atoms. The highest BCUT2D eigenvalue weighted by molar-refractivity contribution is 7.09. The van der Waals surface area contributed by atoms with E-state index in [0.29, 0.717) is 5.92 Å². The topological polar surface area (TPSA) is 24.9 Å². The molecule has 1 unspecified atom stereocenters. The minimum atomic E-state index is 0.464. The highest BCUT2D eigenvalue weighted by Gasteiger charge is 2.20. The van der Waals surface area contributed by atoms with E-state index in [1.54, 1.807) is 11.3 Å². The number of thiazole rings is 1. The number of aromatic nitrogens is 1. The van der Waals surface area contributed by atoms with Crippen molar-refractivity contribution in [3.63, 3.8) is 0 Å².